The summed E-state index contributed by atoms with van der Waals surface area (Å²) in [6, 6.07) is 2.15. The van der Waals surface area contributed by atoms with Gasteiger partial charge in [0, 0.05) is 47.8 Å². The van der Waals surface area contributed by atoms with Crippen molar-refractivity contribution in [2.75, 3.05) is 13.1 Å². The van der Waals surface area contributed by atoms with Crippen LogP contribution in [0.15, 0.2) is 29.6 Å². The molecule has 5 heteroatoms. The van der Waals surface area contributed by atoms with Crippen molar-refractivity contribution in [3.63, 3.8) is 0 Å². The molecule has 4 rings (SSSR count). The van der Waals surface area contributed by atoms with Gasteiger partial charge in [-0.3, -0.25) is 10.2 Å². The molecule has 1 saturated heterocycles. The molecule has 2 aromatic rings. The number of aromatic nitrogens is 2. The lowest BCUT2D eigenvalue weighted by Gasteiger charge is -2.38. The van der Waals surface area contributed by atoms with Crippen LogP contribution in [-0.4, -0.2) is 39.6 Å². The van der Waals surface area contributed by atoms with Gasteiger partial charge >= 0.3 is 0 Å². The number of H-pyrrole nitrogens is 1. The lowest BCUT2D eigenvalue weighted by atomic mass is 9.67. The number of nitrogens with zero attached hydrogens (tertiary/aromatic N) is 2. The van der Waals surface area contributed by atoms with Crippen LogP contribution in [0.4, 0.5) is 0 Å². The van der Waals surface area contributed by atoms with Gasteiger partial charge in [0.05, 0.1) is 5.71 Å². The Kier molecular flexibility index (Phi) is 7.54. The van der Waals surface area contributed by atoms with Gasteiger partial charge in [0.2, 0.25) is 5.91 Å². The monoisotopic (exact) mass is 476 g/mol. The predicted molar refractivity (Wildman–Crippen MR) is 145 cm³/mol. The van der Waals surface area contributed by atoms with Gasteiger partial charge < -0.3 is 9.88 Å². The van der Waals surface area contributed by atoms with E-state index in [1.807, 2.05) is 12.4 Å². The Labute approximate surface area is 211 Å². The SMILES string of the molecule is CCCC1(/C(=C(/C(=N)c2cnc3[nH]cc(C)c3c2)C2CC2)C(C)CC)CCN(C(=O)C(C)CC)C1. The van der Waals surface area contributed by atoms with E-state index < -0.39 is 0 Å². The largest absolute Gasteiger partial charge is 0.346 e. The summed E-state index contributed by atoms with van der Waals surface area (Å²) < 4.78 is 0. The topological polar surface area (TPSA) is 72.8 Å². The summed E-state index contributed by atoms with van der Waals surface area (Å²) in [5.41, 5.74) is 6.33. The molecule has 1 amide bonds. The molecule has 1 aliphatic carbocycles. The van der Waals surface area contributed by atoms with Crippen molar-refractivity contribution in [3.8, 4) is 0 Å². The molecule has 0 radical (unpaired) electrons. The number of fused-ring (bicyclic) bond motifs is 1. The maximum absolute atomic E-state index is 13.2. The summed E-state index contributed by atoms with van der Waals surface area (Å²) in [4.78, 5) is 23.2. The summed E-state index contributed by atoms with van der Waals surface area (Å²) in [5.74, 6) is 1.23. The molecule has 3 heterocycles. The Morgan fingerprint density at radius 1 is 1.23 bits per heavy atom. The summed E-state index contributed by atoms with van der Waals surface area (Å²) in [6.45, 7) is 14.8. The van der Waals surface area contributed by atoms with Crippen LogP contribution in [0, 0.1) is 35.5 Å². The molecule has 1 aliphatic heterocycles. The Morgan fingerprint density at radius 2 is 1.94 bits per heavy atom. The van der Waals surface area contributed by atoms with Crippen molar-refractivity contribution in [1.29, 1.82) is 5.41 Å². The van der Waals surface area contributed by atoms with Gasteiger partial charge in [0.1, 0.15) is 5.65 Å². The number of allylic oxidation sites excluding steroid dienone is 1. The third-order valence-electron chi connectivity index (χ3n) is 8.68. The Bertz CT molecular complexity index is 1120. The average molecular weight is 477 g/mol. The number of carbonyl (C=O) groups is 1. The van der Waals surface area contributed by atoms with Crippen molar-refractivity contribution in [2.45, 2.75) is 86.5 Å². The van der Waals surface area contributed by atoms with Crippen LogP contribution < -0.4 is 0 Å². The van der Waals surface area contributed by atoms with E-state index in [0.717, 1.165) is 74.6 Å². The van der Waals surface area contributed by atoms with Crippen molar-refractivity contribution in [2.24, 2.45) is 23.2 Å². The number of amides is 1. The summed E-state index contributed by atoms with van der Waals surface area (Å²) >= 11 is 0. The smallest absolute Gasteiger partial charge is 0.225 e. The van der Waals surface area contributed by atoms with Crippen molar-refractivity contribution in [3.05, 3.63) is 40.7 Å². The molecule has 2 aliphatic rings. The van der Waals surface area contributed by atoms with Gasteiger partial charge in [0.25, 0.3) is 0 Å². The van der Waals surface area contributed by atoms with Gasteiger partial charge in [-0.05, 0) is 74.5 Å². The number of aryl methyl sites for hydroxylation is 1. The Balaban J connectivity index is 1.82. The normalized spacial score (nSPS) is 22.9. The van der Waals surface area contributed by atoms with Crippen molar-refractivity contribution < 1.29 is 4.79 Å². The molecule has 0 spiro atoms. The van der Waals surface area contributed by atoms with Crippen LogP contribution in [-0.2, 0) is 4.79 Å². The van der Waals surface area contributed by atoms with E-state index in [1.54, 1.807) is 0 Å². The molecule has 0 bridgehead atoms. The molecule has 190 valence electrons. The molecule has 35 heavy (non-hydrogen) atoms. The van der Waals surface area contributed by atoms with E-state index in [2.05, 4.69) is 62.5 Å². The maximum atomic E-state index is 13.2. The van der Waals surface area contributed by atoms with Crippen LogP contribution in [0.1, 0.15) is 90.7 Å². The molecule has 0 aromatic carbocycles. The first kappa shape index (κ1) is 25.7. The van der Waals surface area contributed by atoms with Crippen LogP contribution in [0.3, 0.4) is 0 Å². The first-order chi connectivity index (χ1) is 16.8. The van der Waals surface area contributed by atoms with Gasteiger partial charge in [-0.2, -0.15) is 0 Å². The maximum Gasteiger partial charge on any atom is 0.225 e. The Morgan fingerprint density at radius 3 is 2.57 bits per heavy atom. The van der Waals surface area contributed by atoms with Gasteiger partial charge in [-0.25, -0.2) is 4.98 Å². The third kappa shape index (κ3) is 4.83. The highest BCUT2D eigenvalue weighted by Gasteiger charge is 2.47. The fraction of sp³-hybridized carbons (Fsp3) is 0.633. The summed E-state index contributed by atoms with van der Waals surface area (Å²) in [5, 5.41) is 10.6. The fourth-order valence-corrected chi connectivity index (χ4v) is 6.22. The zero-order chi connectivity index (χ0) is 25.3. The Hall–Kier alpha value is -2.43. The fourth-order valence-electron chi connectivity index (χ4n) is 6.22. The minimum atomic E-state index is -0.0287. The van der Waals surface area contributed by atoms with Gasteiger partial charge in [-0.1, -0.05) is 46.6 Å². The second kappa shape index (κ2) is 10.3. The number of rotatable bonds is 10. The molecule has 5 nitrogen and oxygen atoms in total. The van der Waals surface area contributed by atoms with Crippen LogP contribution >= 0.6 is 0 Å². The highest BCUT2D eigenvalue weighted by molar-refractivity contribution is 6.13. The van der Waals surface area contributed by atoms with E-state index in [-0.39, 0.29) is 11.3 Å². The first-order valence-corrected chi connectivity index (χ1v) is 13.8. The van der Waals surface area contributed by atoms with Gasteiger partial charge in [0.15, 0.2) is 0 Å². The van der Waals surface area contributed by atoms with Crippen molar-refractivity contribution in [1.82, 2.24) is 14.9 Å². The highest BCUT2D eigenvalue weighted by Crippen LogP contribution is 2.52. The molecule has 3 atom stereocenters. The first-order valence-electron chi connectivity index (χ1n) is 13.8. The molecule has 2 aromatic heterocycles. The standard InChI is InChI=1S/C30H44N4O/c1-7-12-30(13-14-34(18-30)29(35)20(5)9-3)26(19(4)8-2)25(22-10-11-22)27(31)23-15-24-21(6)16-32-28(24)33-17-23/h15-17,19-20,22,31H,7-14,18H2,1-6H3,(H,32,33)/b26-25+,31-27?. The highest BCUT2D eigenvalue weighted by atomic mass is 16.2. The molecular weight excluding hydrogens is 432 g/mol. The lowest BCUT2D eigenvalue weighted by Crippen LogP contribution is -2.38. The molecule has 1 saturated carbocycles. The number of hydrogen-bond acceptors (Lipinski definition) is 3. The number of hydrogen-bond donors (Lipinski definition) is 2. The number of nitrogens with one attached hydrogen (secondary N) is 2. The third-order valence-corrected chi connectivity index (χ3v) is 8.68. The molecular formula is C30H44N4O. The van der Waals surface area contributed by atoms with E-state index >= 15 is 0 Å². The van der Waals surface area contributed by atoms with E-state index in [0.29, 0.717) is 23.5 Å². The van der Waals surface area contributed by atoms with Crippen LogP contribution in [0.2, 0.25) is 0 Å². The number of aromatic amines is 1. The number of likely N-dealkylation sites (tertiary alicyclic amines) is 1. The van der Waals surface area contributed by atoms with Gasteiger partial charge in [-0.15, -0.1) is 0 Å². The summed E-state index contributed by atoms with van der Waals surface area (Å²) in [6.07, 6.45) is 11.3. The zero-order valence-electron chi connectivity index (χ0n) is 22.6. The predicted octanol–water partition coefficient (Wildman–Crippen LogP) is 7.06. The average Bonchev–Trinajstić information content (AvgIpc) is 3.52. The van der Waals surface area contributed by atoms with E-state index in [4.69, 9.17) is 0 Å². The van der Waals surface area contributed by atoms with Crippen LogP contribution in [0.25, 0.3) is 11.0 Å². The second-order valence-electron chi connectivity index (χ2n) is 11.2. The van der Waals surface area contributed by atoms with Crippen molar-refractivity contribution >= 4 is 22.7 Å². The lowest BCUT2D eigenvalue weighted by molar-refractivity contribution is -0.134. The zero-order valence-corrected chi connectivity index (χ0v) is 22.6. The summed E-state index contributed by atoms with van der Waals surface area (Å²) in [7, 11) is 0. The molecule has 3 unspecified atom stereocenters. The minimum absolute atomic E-state index is 0.0287. The quantitative estimate of drug-likeness (QED) is 0.360. The molecule has 2 N–H and O–H groups in total. The number of carbonyl (C=O) groups excluding carboxylic acids is 1. The van der Waals surface area contributed by atoms with Crippen LogP contribution in [0.5, 0.6) is 0 Å². The van der Waals surface area contributed by atoms with E-state index in [1.165, 1.54) is 16.7 Å². The number of pyridine rings is 1. The van der Waals surface area contributed by atoms with E-state index in [9.17, 15) is 10.2 Å². The molecule has 2 fully saturated rings. The minimum Gasteiger partial charge on any atom is -0.346 e. The second-order valence-corrected chi connectivity index (χ2v) is 11.2.